The molecule has 18 heavy (non-hydrogen) atoms. The average molecular weight is 250 g/mol. The van der Waals surface area contributed by atoms with E-state index in [-0.39, 0.29) is 11.9 Å². The molecule has 1 saturated heterocycles. The Hall–Kier alpha value is -1.29. The van der Waals surface area contributed by atoms with Crippen LogP contribution in [0.25, 0.3) is 0 Å². The van der Waals surface area contributed by atoms with Crippen LogP contribution in [0, 0.1) is 0 Å². The monoisotopic (exact) mass is 250 g/mol. The van der Waals surface area contributed by atoms with Crippen molar-refractivity contribution in [2.45, 2.75) is 38.6 Å². The van der Waals surface area contributed by atoms with E-state index >= 15 is 0 Å². The number of carbonyl (C=O) groups is 1. The maximum absolute atomic E-state index is 12.1. The lowest BCUT2D eigenvalue weighted by Gasteiger charge is -2.34. The number of carbonyl (C=O) groups excluding carboxylic acids is 1. The van der Waals surface area contributed by atoms with Gasteiger partial charge in [0.1, 0.15) is 11.5 Å². The van der Waals surface area contributed by atoms with Crippen molar-refractivity contribution in [1.29, 1.82) is 0 Å². The molecule has 0 spiro atoms. The van der Waals surface area contributed by atoms with Gasteiger partial charge in [0.15, 0.2) is 0 Å². The Bertz CT molecular complexity index is 400. The van der Waals surface area contributed by atoms with Gasteiger partial charge < -0.3 is 14.6 Å². The molecule has 1 aromatic rings. The molecule has 1 unspecified atom stereocenters. The van der Waals surface area contributed by atoms with Gasteiger partial charge in [-0.1, -0.05) is 6.92 Å². The van der Waals surface area contributed by atoms with E-state index in [9.17, 15) is 4.79 Å². The van der Waals surface area contributed by atoms with Gasteiger partial charge >= 0.3 is 0 Å². The number of nitrogens with zero attached hydrogens (tertiary/aromatic N) is 1. The van der Waals surface area contributed by atoms with Gasteiger partial charge in [-0.3, -0.25) is 4.79 Å². The molecule has 0 aromatic carbocycles. The van der Waals surface area contributed by atoms with Crippen LogP contribution in [0.1, 0.15) is 43.7 Å². The van der Waals surface area contributed by atoms with E-state index in [1.807, 2.05) is 17.0 Å². The van der Waals surface area contributed by atoms with Gasteiger partial charge in [-0.15, -0.1) is 0 Å². The number of likely N-dealkylation sites (N-methyl/N-ethyl adjacent to an activating group) is 1. The molecule has 4 heteroatoms. The maximum Gasteiger partial charge on any atom is 0.237 e. The van der Waals surface area contributed by atoms with Gasteiger partial charge in [0.05, 0.1) is 12.6 Å². The third-order valence-electron chi connectivity index (χ3n) is 3.51. The van der Waals surface area contributed by atoms with Crippen LogP contribution in [0.4, 0.5) is 0 Å². The molecule has 0 aliphatic carbocycles. The van der Waals surface area contributed by atoms with Crippen LogP contribution in [0.5, 0.6) is 0 Å². The first-order valence-corrected chi connectivity index (χ1v) is 6.79. The molecule has 2 rings (SSSR count). The molecule has 2 heterocycles. The van der Waals surface area contributed by atoms with Crippen molar-refractivity contribution in [2.24, 2.45) is 0 Å². The molecule has 1 amide bonds. The summed E-state index contributed by atoms with van der Waals surface area (Å²) in [6.07, 6.45) is 4.16. The number of hydrogen-bond acceptors (Lipinski definition) is 3. The zero-order valence-electron chi connectivity index (χ0n) is 11.2. The number of likely N-dealkylation sites (tertiary alicyclic amines) is 1. The van der Waals surface area contributed by atoms with Gasteiger partial charge in [0.25, 0.3) is 0 Å². The summed E-state index contributed by atoms with van der Waals surface area (Å²) < 4.78 is 5.82. The topological polar surface area (TPSA) is 45.5 Å². The zero-order chi connectivity index (χ0) is 13.0. The number of piperidine rings is 1. The first-order valence-electron chi connectivity index (χ1n) is 6.79. The van der Waals surface area contributed by atoms with Crippen LogP contribution in [-0.2, 0) is 11.2 Å². The highest BCUT2D eigenvalue weighted by Gasteiger charge is 2.29. The van der Waals surface area contributed by atoms with Crippen LogP contribution in [-0.4, -0.2) is 30.9 Å². The summed E-state index contributed by atoms with van der Waals surface area (Å²) in [5.74, 6) is 2.10. The molecule has 1 atom stereocenters. The van der Waals surface area contributed by atoms with Crippen molar-refractivity contribution in [3.63, 3.8) is 0 Å². The van der Waals surface area contributed by atoms with E-state index < -0.39 is 0 Å². The molecule has 0 saturated carbocycles. The lowest BCUT2D eigenvalue weighted by atomic mass is 10.00. The number of rotatable bonds is 4. The van der Waals surface area contributed by atoms with E-state index in [1.165, 1.54) is 0 Å². The van der Waals surface area contributed by atoms with E-state index in [0.717, 1.165) is 43.7 Å². The summed E-state index contributed by atoms with van der Waals surface area (Å²) in [6.45, 7) is 3.32. The van der Waals surface area contributed by atoms with E-state index in [0.29, 0.717) is 6.54 Å². The fourth-order valence-corrected chi connectivity index (χ4v) is 2.54. The first kappa shape index (κ1) is 13.1. The van der Waals surface area contributed by atoms with E-state index in [2.05, 4.69) is 12.2 Å². The molecular formula is C14H22N2O2. The van der Waals surface area contributed by atoms with E-state index in [1.54, 1.807) is 7.05 Å². The van der Waals surface area contributed by atoms with Crippen LogP contribution in [0.2, 0.25) is 0 Å². The molecule has 1 aliphatic heterocycles. The summed E-state index contributed by atoms with van der Waals surface area (Å²) in [7, 11) is 1.80. The Balaban J connectivity index is 2.14. The Labute approximate surface area is 108 Å². The van der Waals surface area contributed by atoms with Crippen molar-refractivity contribution < 1.29 is 9.21 Å². The third-order valence-corrected chi connectivity index (χ3v) is 3.51. The molecule has 1 aromatic heterocycles. The number of nitrogens with one attached hydrogen (secondary N) is 1. The molecule has 0 radical (unpaired) electrons. The minimum Gasteiger partial charge on any atom is -0.464 e. The fraction of sp³-hybridized carbons (Fsp3) is 0.643. The van der Waals surface area contributed by atoms with Gasteiger partial charge in [-0.2, -0.15) is 0 Å². The van der Waals surface area contributed by atoms with Gasteiger partial charge in [-0.25, -0.2) is 0 Å². The average Bonchev–Trinajstić information content (AvgIpc) is 2.87. The second kappa shape index (κ2) is 6.05. The molecule has 1 aliphatic rings. The highest BCUT2D eigenvalue weighted by atomic mass is 16.3. The van der Waals surface area contributed by atoms with Gasteiger partial charge in [0.2, 0.25) is 5.91 Å². The Morgan fingerprint density at radius 2 is 2.33 bits per heavy atom. The highest BCUT2D eigenvalue weighted by Crippen LogP contribution is 2.32. The number of aryl methyl sites for hydroxylation is 1. The number of hydrogen-bond donors (Lipinski definition) is 1. The Morgan fingerprint density at radius 1 is 1.50 bits per heavy atom. The smallest absolute Gasteiger partial charge is 0.237 e. The second-order valence-corrected chi connectivity index (χ2v) is 4.79. The standard InChI is InChI=1S/C14H22N2O2/c1-3-11-7-8-13(18-11)12-6-4-5-9-16(12)14(17)10-15-2/h7-8,12,15H,3-6,9-10H2,1-2H3. The van der Waals surface area contributed by atoms with Crippen molar-refractivity contribution in [1.82, 2.24) is 10.2 Å². The summed E-state index contributed by atoms with van der Waals surface area (Å²) in [5.41, 5.74) is 0. The predicted molar refractivity (Wildman–Crippen MR) is 70.3 cm³/mol. The van der Waals surface area contributed by atoms with Crippen LogP contribution in [0.15, 0.2) is 16.5 Å². The first-order chi connectivity index (χ1) is 8.76. The fourth-order valence-electron chi connectivity index (χ4n) is 2.54. The normalized spacial score (nSPS) is 20.1. The summed E-state index contributed by atoms with van der Waals surface area (Å²) >= 11 is 0. The largest absolute Gasteiger partial charge is 0.464 e. The Morgan fingerprint density at radius 3 is 3.00 bits per heavy atom. The highest BCUT2D eigenvalue weighted by molar-refractivity contribution is 5.78. The third kappa shape index (κ3) is 2.75. The van der Waals surface area contributed by atoms with Crippen molar-refractivity contribution in [3.8, 4) is 0 Å². The molecular weight excluding hydrogens is 228 g/mol. The number of furan rings is 1. The van der Waals surface area contributed by atoms with Gasteiger partial charge in [0, 0.05) is 13.0 Å². The minimum absolute atomic E-state index is 0.125. The summed E-state index contributed by atoms with van der Waals surface area (Å²) in [5, 5.41) is 2.93. The van der Waals surface area contributed by atoms with Crippen LogP contribution < -0.4 is 5.32 Å². The van der Waals surface area contributed by atoms with Crippen molar-refractivity contribution >= 4 is 5.91 Å². The maximum atomic E-state index is 12.1. The molecule has 100 valence electrons. The van der Waals surface area contributed by atoms with Crippen LogP contribution >= 0.6 is 0 Å². The SMILES string of the molecule is CCc1ccc(C2CCCCN2C(=O)CNC)o1. The van der Waals surface area contributed by atoms with E-state index in [4.69, 9.17) is 4.42 Å². The predicted octanol–water partition coefficient (Wildman–Crippen LogP) is 2.12. The molecule has 0 bridgehead atoms. The zero-order valence-corrected chi connectivity index (χ0v) is 11.2. The van der Waals surface area contributed by atoms with Gasteiger partial charge in [-0.05, 0) is 38.4 Å². The number of amides is 1. The molecule has 1 N–H and O–H groups in total. The molecule has 4 nitrogen and oxygen atoms in total. The quantitative estimate of drug-likeness (QED) is 0.890. The van der Waals surface area contributed by atoms with Crippen LogP contribution in [0.3, 0.4) is 0 Å². The molecule has 1 fully saturated rings. The summed E-state index contributed by atoms with van der Waals surface area (Å²) in [6, 6.07) is 4.17. The van der Waals surface area contributed by atoms with Crippen molar-refractivity contribution in [3.05, 3.63) is 23.7 Å². The summed E-state index contributed by atoms with van der Waals surface area (Å²) in [4.78, 5) is 14.0. The Kier molecular flexibility index (Phi) is 4.42. The lowest BCUT2D eigenvalue weighted by molar-refractivity contribution is -0.134. The minimum atomic E-state index is 0.125. The van der Waals surface area contributed by atoms with Crippen molar-refractivity contribution in [2.75, 3.05) is 20.1 Å². The lowest BCUT2D eigenvalue weighted by Crippen LogP contribution is -2.42. The second-order valence-electron chi connectivity index (χ2n) is 4.79.